The van der Waals surface area contributed by atoms with E-state index in [9.17, 15) is 4.39 Å². The van der Waals surface area contributed by atoms with Crippen LogP contribution in [-0.2, 0) is 9.47 Å². The van der Waals surface area contributed by atoms with Gasteiger partial charge in [0.15, 0.2) is 5.76 Å². The van der Waals surface area contributed by atoms with E-state index in [-0.39, 0.29) is 6.61 Å². The minimum Gasteiger partial charge on any atom is -0.491 e. The van der Waals surface area contributed by atoms with Crippen LogP contribution in [0.15, 0.2) is 59.1 Å². The molecule has 0 saturated carbocycles. The molecule has 2 aromatic carbocycles. The first-order chi connectivity index (χ1) is 14.7. The quantitative estimate of drug-likeness (QED) is 0.408. The van der Waals surface area contributed by atoms with Crippen molar-refractivity contribution in [1.82, 2.24) is 4.98 Å². The molecule has 0 spiro atoms. The lowest BCUT2D eigenvalue weighted by atomic mass is 10.1. The number of halogens is 1. The number of nitrogens with zero attached hydrogens (tertiary/aromatic N) is 2. The van der Waals surface area contributed by atoms with Crippen LogP contribution in [0.4, 0.5) is 10.1 Å². The molecule has 160 valence electrons. The molecule has 0 aliphatic heterocycles. The van der Waals surface area contributed by atoms with Gasteiger partial charge in [0.1, 0.15) is 19.0 Å². The standard InChI is InChI=1S/C23H27FN2O4/c1-26(2)20-7-3-18(4-8-20)22-17-25-23(30-22)19-5-9-21(10-6-19)29-16-15-28-14-13-27-12-11-24/h3-10,17H,11-16H2,1-2H3. The van der Waals surface area contributed by atoms with Crippen LogP contribution in [0.1, 0.15) is 0 Å². The Morgan fingerprint density at radius 2 is 1.47 bits per heavy atom. The van der Waals surface area contributed by atoms with Gasteiger partial charge in [-0.2, -0.15) is 0 Å². The molecule has 3 aromatic rings. The minimum absolute atomic E-state index is 0.112. The van der Waals surface area contributed by atoms with Gasteiger partial charge in [0, 0.05) is 30.9 Å². The Balaban J connectivity index is 1.48. The van der Waals surface area contributed by atoms with E-state index in [0.717, 1.165) is 28.3 Å². The molecule has 7 heteroatoms. The molecule has 6 nitrogen and oxygen atoms in total. The summed E-state index contributed by atoms with van der Waals surface area (Å²) in [5.41, 5.74) is 2.98. The maximum absolute atomic E-state index is 11.9. The fraction of sp³-hybridized carbons (Fsp3) is 0.348. The van der Waals surface area contributed by atoms with E-state index in [1.807, 2.05) is 62.6 Å². The summed E-state index contributed by atoms with van der Waals surface area (Å²) >= 11 is 0. The maximum atomic E-state index is 11.9. The SMILES string of the molecule is CN(C)c1ccc(-c2cnc(-c3ccc(OCCOCCOCCF)cc3)o2)cc1. The van der Waals surface area contributed by atoms with Crippen molar-refractivity contribution in [1.29, 1.82) is 0 Å². The van der Waals surface area contributed by atoms with Crippen LogP contribution in [0.3, 0.4) is 0 Å². The largest absolute Gasteiger partial charge is 0.491 e. The van der Waals surface area contributed by atoms with Crippen molar-refractivity contribution in [3.8, 4) is 28.5 Å². The van der Waals surface area contributed by atoms with Crippen molar-refractivity contribution in [2.45, 2.75) is 0 Å². The number of benzene rings is 2. The highest BCUT2D eigenvalue weighted by Gasteiger charge is 2.09. The molecule has 0 atom stereocenters. The molecule has 0 aliphatic carbocycles. The molecular weight excluding hydrogens is 387 g/mol. The normalized spacial score (nSPS) is 10.9. The van der Waals surface area contributed by atoms with E-state index in [1.54, 1.807) is 6.20 Å². The molecule has 0 N–H and O–H groups in total. The van der Waals surface area contributed by atoms with Gasteiger partial charge in [-0.05, 0) is 48.5 Å². The molecule has 0 fully saturated rings. The second-order valence-electron chi connectivity index (χ2n) is 6.76. The van der Waals surface area contributed by atoms with E-state index in [4.69, 9.17) is 18.6 Å². The third kappa shape index (κ3) is 6.30. The zero-order valence-corrected chi connectivity index (χ0v) is 17.3. The number of rotatable bonds is 12. The van der Waals surface area contributed by atoms with Crippen LogP contribution >= 0.6 is 0 Å². The average Bonchev–Trinajstić information content (AvgIpc) is 3.26. The third-order valence-electron chi connectivity index (χ3n) is 4.37. The van der Waals surface area contributed by atoms with Crippen LogP contribution in [0, 0.1) is 0 Å². The minimum atomic E-state index is -0.474. The molecule has 1 aromatic heterocycles. The summed E-state index contributed by atoms with van der Waals surface area (Å²) in [4.78, 5) is 6.44. The molecule has 0 unspecified atom stereocenters. The van der Waals surface area contributed by atoms with Gasteiger partial charge in [0.25, 0.3) is 0 Å². The number of hydrogen-bond donors (Lipinski definition) is 0. The predicted molar refractivity (Wildman–Crippen MR) is 115 cm³/mol. The molecule has 1 heterocycles. The van der Waals surface area contributed by atoms with Crippen LogP contribution in [0.5, 0.6) is 5.75 Å². The maximum Gasteiger partial charge on any atom is 0.226 e. The van der Waals surface area contributed by atoms with Crippen molar-refractivity contribution in [3.05, 3.63) is 54.7 Å². The number of oxazole rings is 1. The lowest BCUT2D eigenvalue weighted by molar-refractivity contribution is 0.0325. The molecule has 0 aliphatic rings. The highest BCUT2D eigenvalue weighted by Crippen LogP contribution is 2.28. The second kappa shape index (κ2) is 11.3. The number of alkyl halides is 1. The number of hydrogen-bond acceptors (Lipinski definition) is 6. The first-order valence-corrected chi connectivity index (χ1v) is 9.85. The van der Waals surface area contributed by atoms with Gasteiger partial charge in [-0.25, -0.2) is 9.37 Å². The zero-order chi connectivity index (χ0) is 21.2. The van der Waals surface area contributed by atoms with E-state index >= 15 is 0 Å². The number of aromatic nitrogens is 1. The average molecular weight is 414 g/mol. The molecule has 0 amide bonds. The lowest BCUT2D eigenvalue weighted by Gasteiger charge is -2.11. The summed E-state index contributed by atoms with van der Waals surface area (Å²) in [7, 11) is 4.02. The Bertz CT molecular complexity index is 879. The molecule has 0 saturated heterocycles. The Morgan fingerprint density at radius 1 is 0.833 bits per heavy atom. The summed E-state index contributed by atoms with van der Waals surface area (Å²) < 4.78 is 33.8. The van der Waals surface area contributed by atoms with Gasteiger partial charge in [-0.3, -0.25) is 0 Å². The number of ether oxygens (including phenoxy) is 3. The van der Waals surface area contributed by atoms with Crippen LogP contribution in [0.25, 0.3) is 22.8 Å². The van der Waals surface area contributed by atoms with Crippen LogP contribution in [-0.4, -0.2) is 58.8 Å². The van der Waals surface area contributed by atoms with Gasteiger partial charge in [-0.15, -0.1) is 0 Å². The summed E-state index contributed by atoms with van der Waals surface area (Å²) in [6, 6.07) is 15.7. The highest BCUT2D eigenvalue weighted by molar-refractivity contribution is 5.64. The monoisotopic (exact) mass is 414 g/mol. The summed E-state index contributed by atoms with van der Waals surface area (Å²) in [5, 5.41) is 0. The molecule has 30 heavy (non-hydrogen) atoms. The third-order valence-corrected chi connectivity index (χ3v) is 4.37. The Kier molecular flexibility index (Phi) is 8.23. The Morgan fingerprint density at radius 3 is 2.13 bits per heavy atom. The summed E-state index contributed by atoms with van der Waals surface area (Å²) in [5.74, 6) is 2.02. The van der Waals surface area contributed by atoms with Gasteiger partial charge < -0.3 is 23.5 Å². The van der Waals surface area contributed by atoms with Crippen LogP contribution < -0.4 is 9.64 Å². The number of anilines is 1. The van der Waals surface area contributed by atoms with Crippen LogP contribution in [0.2, 0.25) is 0 Å². The van der Waals surface area contributed by atoms with E-state index < -0.39 is 6.67 Å². The van der Waals surface area contributed by atoms with Gasteiger partial charge in [-0.1, -0.05) is 0 Å². The fourth-order valence-corrected chi connectivity index (χ4v) is 2.75. The smallest absolute Gasteiger partial charge is 0.226 e. The topological polar surface area (TPSA) is 57.0 Å². The fourth-order valence-electron chi connectivity index (χ4n) is 2.75. The van der Waals surface area contributed by atoms with Crippen molar-refractivity contribution >= 4 is 5.69 Å². The van der Waals surface area contributed by atoms with Gasteiger partial charge in [0.2, 0.25) is 5.89 Å². The van der Waals surface area contributed by atoms with E-state index in [2.05, 4.69) is 9.88 Å². The molecule has 0 bridgehead atoms. The lowest BCUT2D eigenvalue weighted by Crippen LogP contribution is -2.11. The van der Waals surface area contributed by atoms with Crippen molar-refractivity contribution in [3.63, 3.8) is 0 Å². The molecule has 3 rings (SSSR count). The molecular formula is C23H27FN2O4. The summed E-state index contributed by atoms with van der Waals surface area (Å²) in [6.07, 6.45) is 1.74. The Hall–Kier alpha value is -2.90. The van der Waals surface area contributed by atoms with Crippen molar-refractivity contribution in [2.75, 3.05) is 58.7 Å². The first-order valence-electron chi connectivity index (χ1n) is 9.85. The highest BCUT2D eigenvalue weighted by atomic mass is 19.1. The van der Waals surface area contributed by atoms with Gasteiger partial charge >= 0.3 is 0 Å². The zero-order valence-electron chi connectivity index (χ0n) is 17.3. The van der Waals surface area contributed by atoms with E-state index in [1.165, 1.54) is 0 Å². The van der Waals surface area contributed by atoms with E-state index in [0.29, 0.717) is 32.3 Å². The Labute approximate surface area is 176 Å². The first kappa shape index (κ1) is 21.8. The van der Waals surface area contributed by atoms with Crippen molar-refractivity contribution in [2.24, 2.45) is 0 Å². The van der Waals surface area contributed by atoms with Gasteiger partial charge in [0.05, 0.1) is 32.6 Å². The molecule has 0 radical (unpaired) electrons. The summed E-state index contributed by atoms with van der Waals surface area (Å²) in [6.45, 7) is 1.31. The predicted octanol–water partition coefficient (Wildman–Crippen LogP) is 4.46. The second-order valence-corrected chi connectivity index (χ2v) is 6.76. The van der Waals surface area contributed by atoms with Crippen molar-refractivity contribution < 1.29 is 23.0 Å².